The third-order valence-corrected chi connectivity index (χ3v) is 6.25. The molecule has 8 heteroatoms. The molecule has 2 aromatic carbocycles. The smallest absolute Gasteiger partial charge is 0.309 e. The molecule has 182 valence electrons. The Bertz CT molecular complexity index is 1110. The number of aromatic nitrogens is 1. The van der Waals surface area contributed by atoms with Crippen LogP contribution in [-0.2, 0) is 16.1 Å². The van der Waals surface area contributed by atoms with Crippen LogP contribution in [0.3, 0.4) is 0 Å². The first-order valence-corrected chi connectivity index (χ1v) is 11.8. The highest BCUT2D eigenvalue weighted by Crippen LogP contribution is 2.23. The van der Waals surface area contributed by atoms with Crippen molar-refractivity contribution < 1.29 is 14.0 Å². The zero-order chi connectivity index (χ0) is 24.6. The van der Waals surface area contributed by atoms with Crippen LogP contribution in [0.25, 0.3) is 0 Å². The predicted octanol–water partition coefficient (Wildman–Crippen LogP) is 2.83. The van der Waals surface area contributed by atoms with E-state index in [2.05, 4.69) is 25.4 Å². The molecule has 7 nitrogen and oxygen atoms in total. The van der Waals surface area contributed by atoms with Crippen molar-refractivity contribution in [1.29, 1.82) is 0 Å². The van der Waals surface area contributed by atoms with Gasteiger partial charge in [0.2, 0.25) is 0 Å². The van der Waals surface area contributed by atoms with E-state index in [0.29, 0.717) is 13.1 Å². The van der Waals surface area contributed by atoms with Crippen molar-refractivity contribution in [3.05, 3.63) is 95.6 Å². The summed E-state index contributed by atoms with van der Waals surface area (Å²) in [5.74, 6) is -1.56. The summed E-state index contributed by atoms with van der Waals surface area (Å²) < 4.78 is 13.3. The van der Waals surface area contributed by atoms with Gasteiger partial charge in [0.25, 0.3) is 0 Å². The highest BCUT2D eigenvalue weighted by atomic mass is 19.1. The van der Waals surface area contributed by atoms with E-state index in [1.165, 1.54) is 12.1 Å². The number of halogens is 1. The van der Waals surface area contributed by atoms with E-state index in [9.17, 15) is 14.0 Å². The Morgan fingerprint density at radius 3 is 2.29 bits per heavy atom. The van der Waals surface area contributed by atoms with E-state index in [1.807, 2.05) is 43.3 Å². The van der Waals surface area contributed by atoms with Gasteiger partial charge in [-0.05, 0) is 48.4 Å². The first kappa shape index (κ1) is 24.3. The third kappa shape index (κ3) is 6.64. The summed E-state index contributed by atoms with van der Waals surface area (Å²) in [5, 5.41) is 5.48. The summed E-state index contributed by atoms with van der Waals surface area (Å²) in [5.41, 5.74) is 4.03. The van der Waals surface area contributed by atoms with E-state index in [0.717, 1.165) is 48.6 Å². The minimum atomic E-state index is -0.657. The number of nitrogens with one attached hydrogen (secondary N) is 2. The number of hydrogen-bond acceptors (Lipinski definition) is 5. The number of rotatable bonds is 7. The lowest BCUT2D eigenvalue weighted by Crippen LogP contribution is -2.50. The molecule has 2 heterocycles. The molecular weight excluding hydrogens is 445 g/mol. The fraction of sp³-hybridized carbons (Fsp3) is 0.296. The van der Waals surface area contributed by atoms with Crippen molar-refractivity contribution in [2.24, 2.45) is 0 Å². The molecule has 2 N–H and O–H groups in total. The van der Waals surface area contributed by atoms with Gasteiger partial charge in [-0.15, -0.1) is 0 Å². The summed E-state index contributed by atoms with van der Waals surface area (Å²) in [4.78, 5) is 33.6. The SMILES string of the molecule is Cc1ccc(CNC(=O)C(=O)NC[C@H](c2cccnc2)N2CCN(c3ccc(F)cc3)CC2)cc1. The minimum absolute atomic E-state index is 0.118. The normalized spacial score (nSPS) is 14.9. The number of anilines is 1. The molecule has 1 aromatic heterocycles. The summed E-state index contributed by atoms with van der Waals surface area (Å²) in [6.45, 7) is 5.64. The van der Waals surface area contributed by atoms with Gasteiger partial charge >= 0.3 is 11.8 Å². The van der Waals surface area contributed by atoms with Crippen LogP contribution in [0, 0.1) is 12.7 Å². The average molecular weight is 476 g/mol. The zero-order valence-electron chi connectivity index (χ0n) is 19.8. The lowest BCUT2D eigenvalue weighted by Gasteiger charge is -2.40. The molecular formula is C27H30FN5O2. The minimum Gasteiger partial charge on any atom is -0.369 e. The highest BCUT2D eigenvalue weighted by molar-refractivity contribution is 6.35. The molecule has 1 aliphatic rings. The quantitative estimate of drug-likeness (QED) is 0.514. The molecule has 4 rings (SSSR count). The van der Waals surface area contributed by atoms with Gasteiger partial charge < -0.3 is 15.5 Å². The predicted molar refractivity (Wildman–Crippen MR) is 133 cm³/mol. The van der Waals surface area contributed by atoms with E-state index < -0.39 is 11.8 Å². The molecule has 1 aliphatic heterocycles. The molecule has 0 unspecified atom stereocenters. The number of piperazine rings is 1. The fourth-order valence-corrected chi connectivity index (χ4v) is 4.21. The zero-order valence-corrected chi connectivity index (χ0v) is 19.8. The molecule has 0 spiro atoms. The van der Waals surface area contributed by atoms with Gasteiger partial charge in [-0.25, -0.2) is 4.39 Å². The number of carbonyl (C=O) groups excluding carboxylic acids is 2. The van der Waals surface area contributed by atoms with Gasteiger partial charge in [-0.2, -0.15) is 0 Å². The standard InChI is InChI=1S/C27H30FN5O2/c1-20-4-6-21(7-5-20)17-30-26(34)27(35)31-19-25(22-3-2-12-29-18-22)33-15-13-32(14-16-33)24-10-8-23(28)9-11-24/h2-12,18,25H,13-17,19H2,1H3,(H,30,34)(H,31,35)/t25-/m1/s1. The number of pyridine rings is 1. The van der Waals surface area contributed by atoms with Crippen LogP contribution in [0.2, 0.25) is 0 Å². The van der Waals surface area contributed by atoms with Crippen LogP contribution in [0.5, 0.6) is 0 Å². The summed E-state index contributed by atoms with van der Waals surface area (Å²) in [6, 6.07) is 18.0. The van der Waals surface area contributed by atoms with Crippen LogP contribution in [-0.4, -0.2) is 54.4 Å². The van der Waals surface area contributed by atoms with Crippen LogP contribution in [0.4, 0.5) is 10.1 Å². The Hall–Kier alpha value is -3.78. The number of hydrogen-bond donors (Lipinski definition) is 2. The number of benzene rings is 2. The lowest BCUT2D eigenvalue weighted by atomic mass is 10.1. The topological polar surface area (TPSA) is 77.6 Å². The van der Waals surface area contributed by atoms with E-state index in [1.54, 1.807) is 24.5 Å². The monoisotopic (exact) mass is 475 g/mol. The second-order valence-corrected chi connectivity index (χ2v) is 8.68. The van der Waals surface area contributed by atoms with Crippen LogP contribution in [0.1, 0.15) is 22.7 Å². The van der Waals surface area contributed by atoms with Gasteiger partial charge in [-0.1, -0.05) is 35.9 Å². The van der Waals surface area contributed by atoms with Crippen LogP contribution in [0.15, 0.2) is 73.1 Å². The van der Waals surface area contributed by atoms with Gasteiger partial charge in [0.15, 0.2) is 0 Å². The van der Waals surface area contributed by atoms with Crippen molar-refractivity contribution in [1.82, 2.24) is 20.5 Å². The van der Waals surface area contributed by atoms with Gasteiger partial charge in [0.05, 0.1) is 6.04 Å². The number of carbonyl (C=O) groups is 2. The molecule has 1 fully saturated rings. The van der Waals surface area contributed by atoms with Crippen molar-refractivity contribution in [2.75, 3.05) is 37.6 Å². The maximum Gasteiger partial charge on any atom is 0.309 e. The molecule has 1 atom stereocenters. The molecule has 0 bridgehead atoms. The number of nitrogens with zero attached hydrogens (tertiary/aromatic N) is 3. The second-order valence-electron chi connectivity index (χ2n) is 8.68. The van der Waals surface area contributed by atoms with E-state index in [4.69, 9.17) is 0 Å². The Morgan fingerprint density at radius 1 is 0.943 bits per heavy atom. The Balaban J connectivity index is 1.34. The molecule has 3 aromatic rings. The summed E-state index contributed by atoms with van der Waals surface area (Å²) in [7, 11) is 0. The van der Waals surface area contributed by atoms with Crippen LogP contribution < -0.4 is 15.5 Å². The summed E-state index contributed by atoms with van der Waals surface area (Å²) in [6.07, 6.45) is 3.50. The average Bonchev–Trinajstić information content (AvgIpc) is 2.89. The number of amides is 2. The molecule has 0 aliphatic carbocycles. The first-order chi connectivity index (χ1) is 17.0. The molecule has 0 saturated carbocycles. The molecule has 2 amide bonds. The summed E-state index contributed by atoms with van der Waals surface area (Å²) >= 11 is 0. The second kappa shape index (κ2) is 11.6. The molecule has 35 heavy (non-hydrogen) atoms. The first-order valence-electron chi connectivity index (χ1n) is 11.8. The van der Waals surface area contributed by atoms with Crippen molar-refractivity contribution in [3.63, 3.8) is 0 Å². The Labute approximate surface area is 205 Å². The maximum atomic E-state index is 13.3. The molecule has 1 saturated heterocycles. The lowest BCUT2D eigenvalue weighted by molar-refractivity contribution is -0.139. The van der Waals surface area contributed by atoms with Gasteiger partial charge in [-0.3, -0.25) is 19.5 Å². The largest absolute Gasteiger partial charge is 0.369 e. The Kier molecular flexibility index (Phi) is 8.05. The van der Waals surface area contributed by atoms with Gasteiger partial charge in [0, 0.05) is 57.3 Å². The maximum absolute atomic E-state index is 13.3. The Morgan fingerprint density at radius 2 is 1.63 bits per heavy atom. The van der Waals surface area contributed by atoms with Gasteiger partial charge in [0.1, 0.15) is 5.82 Å². The van der Waals surface area contributed by atoms with Crippen molar-refractivity contribution >= 4 is 17.5 Å². The van der Waals surface area contributed by atoms with Crippen LogP contribution >= 0.6 is 0 Å². The molecule has 0 radical (unpaired) electrons. The van der Waals surface area contributed by atoms with E-state index in [-0.39, 0.29) is 11.9 Å². The van der Waals surface area contributed by atoms with Crippen molar-refractivity contribution in [2.45, 2.75) is 19.5 Å². The third-order valence-electron chi connectivity index (χ3n) is 6.25. The van der Waals surface area contributed by atoms with Crippen molar-refractivity contribution in [3.8, 4) is 0 Å². The van der Waals surface area contributed by atoms with E-state index >= 15 is 0 Å². The fourth-order valence-electron chi connectivity index (χ4n) is 4.21. The number of aryl methyl sites for hydroxylation is 1. The highest BCUT2D eigenvalue weighted by Gasteiger charge is 2.26.